The molecule has 0 radical (unpaired) electrons. The van der Waals surface area contributed by atoms with Crippen molar-refractivity contribution in [1.29, 1.82) is 0 Å². The zero-order valence-electron chi connectivity index (χ0n) is 7.99. The van der Waals surface area contributed by atoms with Crippen LogP contribution in [0.4, 0.5) is 0 Å². The molecule has 1 aliphatic rings. The molecule has 0 spiro atoms. The molecule has 4 heteroatoms. The topological polar surface area (TPSA) is 60.2 Å². The van der Waals surface area contributed by atoms with E-state index in [0.29, 0.717) is 12.5 Å². The average molecular weight is 203 g/mol. The molecule has 13 heavy (non-hydrogen) atoms. The summed E-state index contributed by atoms with van der Waals surface area (Å²) in [4.78, 5) is 0. The van der Waals surface area contributed by atoms with Gasteiger partial charge in [-0.1, -0.05) is 11.6 Å². The van der Waals surface area contributed by atoms with Crippen LogP contribution in [0.15, 0.2) is 11.6 Å². The van der Waals surface area contributed by atoms with Crippen molar-refractivity contribution in [3.05, 3.63) is 11.6 Å². The van der Waals surface area contributed by atoms with Gasteiger partial charge in [0.15, 0.2) is 0 Å². The molecule has 0 heterocycles. The number of allylic oxidation sites excluding steroid dienone is 1. The van der Waals surface area contributed by atoms with E-state index >= 15 is 0 Å². The van der Waals surface area contributed by atoms with Gasteiger partial charge in [0.05, 0.1) is 5.75 Å². The lowest BCUT2D eigenvalue weighted by Gasteiger charge is -1.97. The monoisotopic (exact) mass is 203 g/mol. The van der Waals surface area contributed by atoms with Crippen LogP contribution < -0.4 is 5.73 Å². The number of sulfone groups is 1. The zero-order valence-corrected chi connectivity index (χ0v) is 8.81. The predicted molar refractivity (Wildman–Crippen MR) is 54.2 cm³/mol. The third-order valence-electron chi connectivity index (χ3n) is 2.28. The summed E-state index contributed by atoms with van der Waals surface area (Å²) in [5.74, 6) is 0.256. The molecule has 0 aromatic rings. The molecule has 0 amide bonds. The van der Waals surface area contributed by atoms with E-state index in [1.165, 1.54) is 11.8 Å². The molecule has 1 unspecified atom stereocenters. The SMILES string of the molecule is CS(=O)(=O)CC/C=C1/CCC(N)C1. The lowest BCUT2D eigenvalue weighted by Crippen LogP contribution is -2.13. The van der Waals surface area contributed by atoms with Crippen LogP contribution >= 0.6 is 0 Å². The van der Waals surface area contributed by atoms with Crippen LogP contribution in [0.1, 0.15) is 25.7 Å². The van der Waals surface area contributed by atoms with Crippen molar-refractivity contribution in [2.24, 2.45) is 5.73 Å². The van der Waals surface area contributed by atoms with Gasteiger partial charge >= 0.3 is 0 Å². The summed E-state index contributed by atoms with van der Waals surface area (Å²) >= 11 is 0. The number of hydrogen-bond acceptors (Lipinski definition) is 3. The molecule has 0 aliphatic heterocycles. The highest BCUT2D eigenvalue weighted by molar-refractivity contribution is 7.90. The largest absolute Gasteiger partial charge is 0.327 e. The summed E-state index contributed by atoms with van der Waals surface area (Å²) in [6.07, 6.45) is 6.99. The average Bonchev–Trinajstić information content (AvgIpc) is 2.33. The van der Waals surface area contributed by atoms with Crippen molar-refractivity contribution in [3.8, 4) is 0 Å². The Balaban J connectivity index is 2.33. The van der Waals surface area contributed by atoms with Crippen molar-refractivity contribution in [2.75, 3.05) is 12.0 Å². The molecular formula is C9H17NO2S. The zero-order chi connectivity index (χ0) is 9.90. The second-order valence-electron chi connectivity index (χ2n) is 3.78. The third-order valence-corrected chi connectivity index (χ3v) is 3.26. The first kappa shape index (κ1) is 10.7. The first-order valence-electron chi connectivity index (χ1n) is 4.58. The van der Waals surface area contributed by atoms with E-state index in [2.05, 4.69) is 0 Å². The van der Waals surface area contributed by atoms with Crippen molar-refractivity contribution in [1.82, 2.24) is 0 Å². The minimum Gasteiger partial charge on any atom is -0.327 e. The maximum atomic E-state index is 10.8. The van der Waals surface area contributed by atoms with Gasteiger partial charge in [0.1, 0.15) is 9.84 Å². The lowest BCUT2D eigenvalue weighted by molar-refractivity contribution is 0.601. The fourth-order valence-electron chi connectivity index (χ4n) is 1.57. The van der Waals surface area contributed by atoms with Crippen LogP contribution in [-0.4, -0.2) is 26.5 Å². The normalized spacial score (nSPS) is 26.9. The highest BCUT2D eigenvalue weighted by Crippen LogP contribution is 2.23. The molecule has 2 N–H and O–H groups in total. The molecule has 76 valence electrons. The Morgan fingerprint density at radius 1 is 1.62 bits per heavy atom. The first-order chi connectivity index (χ1) is 5.97. The molecule has 1 aliphatic carbocycles. The van der Waals surface area contributed by atoms with Gasteiger partial charge in [-0.3, -0.25) is 0 Å². The van der Waals surface area contributed by atoms with E-state index < -0.39 is 9.84 Å². The van der Waals surface area contributed by atoms with Crippen LogP contribution in [0.2, 0.25) is 0 Å². The molecule has 1 saturated carbocycles. The van der Waals surface area contributed by atoms with Gasteiger partial charge in [0, 0.05) is 12.3 Å². The maximum Gasteiger partial charge on any atom is 0.147 e. The molecule has 0 aromatic heterocycles. The van der Waals surface area contributed by atoms with Gasteiger partial charge in [0.25, 0.3) is 0 Å². The molecular weight excluding hydrogens is 186 g/mol. The lowest BCUT2D eigenvalue weighted by atomic mass is 10.2. The summed E-state index contributed by atoms with van der Waals surface area (Å²) in [5, 5.41) is 0. The molecule has 0 bridgehead atoms. The van der Waals surface area contributed by atoms with Gasteiger partial charge in [-0.15, -0.1) is 0 Å². The van der Waals surface area contributed by atoms with E-state index in [1.807, 2.05) is 6.08 Å². The van der Waals surface area contributed by atoms with Crippen LogP contribution in [-0.2, 0) is 9.84 Å². The van der Waals surface area contributed by atoms with Crippen molar-refractivity contribution in [2.45, 2.75) is 31.7 Å². The molecule has 1 atom stereocenters. The Morgan fingerprint density at radius 2 is 2.31 bits per heavy atom. The summed E-state index contributed by atoms with van der Waals surface area (Å²) < 4.78 is 21.6. The summed E-state index contributed by atoms with van der Waals surface area (Å²) in [7, 11) is -2.81. The van der Waals surface area contributed by atoms with Crippen LogP contribution in [0, 0.1) is 0 Å². The highest BCUT2D eigenvalue weighted by Gasteiger charge is 2.14. The van der Waals surface area contributed by atoms with Gasteiger partial charge in [-0.05, 0) is 25.7 Å². The third kappa shape index (κ3) is 4.43. The number of nitrogens with two attached hydrogens (primary N) is 1. The van der Waals surface area contributed by atoms with Crippen LogP contribution in [0.25, 0.3) is 0 Å². The number of hydrogen-bond donors (Lipinski definition) is 1. The molecule has 0 aromatic carbocycles. The molecule has 3 nitrogen and oxygen atoms in total. The maximum absolute atomic E-state index is 10.8. The second kappa shape index (κ2) is 4.24. The minimum atomic E-state index is -2.81. The van der Waals surface area contributed by atoms with Crippen molar-refractivity contribution < 1.29 is 8.42 Å². The van der Waals surface area contributed by atoms with Crippen LogP contribution in [0.5, 0.6) is 0 Å². The van der Waals surface area contributed by atoms with Gasteiger partial charge in [-0.25, -0.2) is 8.42 Å². The van der Waals surface area contributed by atoms with E-state index in [-0.39, 0.29) is 5.75 Å². The predicted octanol–water partition coefficient (Wildman–Crippen LogP) is 0.859. The fourth-order valence-corrected chi connectivity index (χ4v) is 2.12. The summed E-state index contributed by atoms with van der Waals surface area (Å²) in [5.41, 5.74) is 7.05. The Kier molecular flexibility index (Phi) is 3.50. The van der Waals surface area contributed by atoms with Crippen LogP contribution in [0.3, 0.4) is 0 Å². The van der Waals surface area contributed by atoms with Crippen molar-refractivity contribution in [3.63, 3.8) is 0 Å². The minimum absolute atomic E-state index is 0.256. The molecule has 1 rings (SSSR count). The van der Waals surface area contributed by atoms with E-state index in [0.717, 1.165) is 19.3 Å². The summed E-state index contributed by atoms with van der Waals surface area (Å²) in [6.45, 7) is 0. The Bertz CT molecular complexity index is 293. The Labute approximate surface area is 79.9 Å². The second-order valence-corrected chi connectivity index (χ2v) is 6.04. The Morgan fingerprint density at radius 3 is 2.77 bits per heavy atom. The smallest absolute Gasteiger partial charge is 0.147 e. The van der Waals surface area contributed by atoms with E-state index in [9.17, 15) is 8.42 Å². The van der Waals surface area contributed by atoms with E-state index in [4.69, 9.17) is 5.73 Å². The first-order valence-corrected chi connectivity index (χ1v) is 6.64. The van der Waals surface area contributed by atoms with Crippen molar-refractivity contribution >= 4 is 9.84 Å². The highest BCUT2D eigenvalue weighted by atomic mass is 32.2. The molecule has 1 fully saturated rings. The Hall–Kier alpha value is -0.350. The van der Waals surface area contributed by atoms with Gasteiger partial charge in [-0.2, -0.15) is 0 Å². The summed E-state index contributed by atoms with van der Waals surface area (Å²) in [6, 6.07) is 0.296. The van der Waals surface area contributed by atoms with Gasteiger partial charge in [0.2, 0.25) is 0 Å². The fraction of sp³-hybridized carbons (Fsp3) is 0.778. The van der Waals surface area contributed by atoms with E-state index in [1.54, 1.807) is 0 Å². The van der Waals surface area contributed by atoms with Gasteiger partial charge < -0.3 is 5.73 Å². The quantitative estimate of drug-likeness (QED) is 0.692. The molecule has 0 saturated heterocycles. The number of rotatable bonds is 3. The standard InChI is InChI=1S/C9H17NO2S/c1-13(11,12)6-2-3-8-4-5-9(10)7-8/h3,9H,2,4-7,10H2,1H3/b8-3-.